The summed E-state index contributed by atoms with van der Waals surface area (Å²) in [6.07, 6.45) is -2.66. The van der Waals surface area contributed by atoms with Gasteiger partial charge in [0.15, 0.2) is 5.82 Å². The summed E-state index contributed by atoms with van der Waals surface area (Å²) in [5.74, 6) is -0.872. The average molecular weight is 503 g/mol. The lowest BCUT2D eigenvalue weighted by Gasteiger charge is -2.18. The molecular formula is C23H15ClF4N6O. The molecular weight excluding hydrogens is 488 g/mol. The van der Waals surface area contributed by atoms with Gasteiger partial charge in [-0.1, -0.05) is 29.8 Å². The van der Waals surface area contributed by atoms with E-state index in [1.165, 1.54) is 24.3 Å². The Hall–Kier alpha value is -3.86. The van der Waals surface area contributed by atoms with Crippen molar-refractivity contribution in [2.45, 2.75) is 24.4 Å². The van der Waals surface area contributed by atoms with Crippen LogP contribution in [0.15, 0.2) is 54.7 Å². The molecule has 1 aliphatic rings. The second-order valence-electron chi connectivity index (χ2n) is 8.08. The number of aromatic amines is 1. The predicted octanol–water partition coefficient (Wildman–Crippen LogP) is 5.41. The Morgan fingerprint density at radius 2 is 1.89 bits per heavy atom. The fourth-order valence-electron chi connectivity index (χ4n) is 3.96. The molecule has 4 aromatic rings. The number of aromatic nitrogens is 5. The van der Waals surface area contributed by atoms with Gasteiger partial charge in [0.2, 0.25) is 5.91 Å². The van der Waals surface area contributed by atoms with E-state index in [2.05, 4.69) is 30.9 Å². The molecule has 1 aliphatic carbocycles. The van der Waals surface area contributed by atoms with E-state index < -0.39 is 29.0 Å². The summed E-state index contributed by atoms with van der Waals surface area (Å²) in [7, 11) is 0. The first-order valence-electron chi connectivity index (χ1n) is 10.4. The summed E-state index contributed by atoms with van der Waals surface area (Å²) in [5, 5.41) is 16.2. The van der Waals surface area contributed by atoms with E-state index in [1.54, 1.807) is 18.2 Å². The number of alkyl halides is 3. The van der Waals surface area contributed by atoms with Crippen LogP contribution in [-0.4, -0.2) is 31.5 Å². The molecule has 1 saturated carbocycles. The monoisotopic (exact) mass is 502 g/mol. The van der Waals surface area contributed by atoms with Gasteiger partial charge in [0.05, 0.1) is 10.4 Å². The quantitative estimate of drug-likeness (QED) is 0.356. The molecule has 35 heavy (non-hydrogen) atoms. The van der Waals surface area contributed by atoms with E-state index in [4.69, 9.17) is 11.6 Å². The number of nitrogens with one attached hydrogen (secondary N) is 2. The van der Waals surface area contributed by atoms with Gasteiger partial charge in [0.25, 0.3) is 0 Å². The number of nitrogens with zero attached hydrogens (tertiary/aromatic N) is 4. The number of carbonyl (C=O) groups is 1. The highest BCUT2D eigenvalue weighted by atomic mass is 35.5. The van der Waals surface area contributed by atoms with Crippen molar-refractivity contribution in [3.8, 4) is 22.5 Å². The number of hydrogen-bond acceptors (Lipinski definition) is 5. The molecule has 7 nitrogen and oxygen atoms in total. The molecule has 5 rings (SSSR count). The zero-order valence-corrected chi connectivity index (χ0v) is 18.5. The molecule has 2 heterocycles. The summed E-state index contributed by atoms with van der Waals surface area (Å²) in [5.41, 5.74) is -0.569. The highest BCUT2D eigenvalue weighted by molar-refractivity contribution is 6.30. The number of hydrogen-bond donors (Lipinski definition) is 2. The second kappa shape index (κ2) is 8.42. The van der Waals surface area contributed by atoms with E-state index in [1.807, 2.05) is 0 Å². The smallest absolute Gasteiger partial charge is 0.325 e. The van der Waals surface area contributed by atoms with Crippen LogP contribution < -0.4 is 5.32 Å². The van der Waals surface area contributed by atoms with Gasteiger partial charge in [-0.25, -0.2) is 9.49 Å². The molecule has 0 saturated heterocycles. The highest BCUT2D eigenvalue weighted by Gasteiger charge is 2.53. The van der Waals surface area contributed by atoms with Crippen LogP contribution in [0.2, 0.25) is 5.02 Å². The Labute approximate surface area is 200 Å². The maximum atomic E-state index is 14.6. The van der Waals surface area contributed by atoms with Crippen molar-refractivity contribution in [2.75, 3.05) is 5.32 Å². The Bertz CT molecular complexity index is 1420. The van der Waals surface area contributed by atoms with Gasteiger partial charge in [-0.2, -0.15) is 13.2 Å². The molecule has 178 valence electrons. The fraction of sp³-hybridized carbons (Fsp3) is 0.174. The van der Waals surface area contributed by atoms with Crippen LogP contribution in [0.1, 0.15) is 24.1 Å². The molecule has 0 bridgehead atoms. The van der Waals surface area contributed by atoms with Crippen molar-refractivity contribution in [3.05, 3.63) is 76.8 Å². The van der Waals surface area contributed by atoms with E-state index >= 15 is 0 Å². The number of pyridine rings is 1. The minimum atomic E-state index is -4.62. The van der Waals surface area contributed by atoms with E-state index in [0.29, 0.717) is 29.7 Å². The molecule has 1 fully saturated rings. The number of carbonyl (C=O) groups excluding carboxylic acids is 1. The molecule has 1 amide bonds. The van der Waals surface area contributed by atoms with Crippen LogP contribution >= 0.6 is 11.6 Å². The van der Waals surface area contributed by atoms with E-state index in [-0.39, 0.29) is 22.0 Å². The van der Waals surface area contributed by atoms with Crippen molar-refractivity contribution in [3.63, 3.8) is 0 Å². The molecule has 0 atom stereocenters. The van der Waals surface area contributed by atoms with Crippen LogP contribution in [0, 0.1) is 5.82 Å². The Kier molecular flexibility index (Phi) is 5.51. The van der Waals surface area contributed by atoms with Crippen molar-refractivity contribution >= 4 is 23.2 Å². The first kappa shape index (κ1) is 22.9. The van der Waals surface area contributed by atoms with Gasteiger partial charge in [0.1, 0.15) is 11.5 Å². The zero-order valence-electron chi connectivity index (χ0n) is 17.7. The summed E-state index contributed by atoms with van der Waals surface area (Å²) in [6, 6.07) is 11.5. The Balaban J connectivity index is 1.51. The fourth-order valence-corrected chi connectivity index (χ4v) is 4.14. The summed E-state index contributed by atoms with van der Waals surface area (Å²) < 4.78 is 54.2. The highest BCUT2D eigenvalue weighted by Crippen LogP contribution is 2.50. The van der Waals surface area contributed by atoms with Crippen molar-refractivity contribution in [1.82, 2.24) is 25.6 Å². The van der Waals surface area contributed by atoms with Gasteiger partial charge in [-0.3, -0.25) is 9.78 Å². The number of tetrazole rings is 1. The van der Waals surface area contributed by atoms with Crippen LogP contribution in [-0.2, 0) is 16.4 Å². The molecule has 2 aromatic heterocycles. The third-order valence-electron chi connectivity index (χ3n) is 5.89. The molecule has 2 N–H and O–H groups in total. The van der Waals surface area contributed by atoms with Gasteiger partial charge < -0.3 is 5.32 Å². The number of rotatable bonds is 5. The number of anilines is 1. The minimum absolute atomic E-state index is 0.0680. The van der Waals surface area contributed by atoms with E-state index in [0.717, 1.165) is 12.3 Å². The zero-order chi connectivity index (χ0) is 24.8. The topological polar surface area (TPSA) is 96.5 Å². The van der Waals surface area contributed by atoms with Crippen LogP contribution in [0.4, 0.5) is 23.2 Å². The summed E-state index contributed by atoms with van der Waals surface area (Å²) >= 11 is 5.90. The van der Waals surface area contributed by atoms with Crippen molar-refractivity contribution in [2.24, 2.45) is 0 Å². The van der Waals surface area contributed by atoms with Gasteiger partial charge in [-0.05, 0) is 64.7 Å². The van der Waals surface area contributed by atoms with Crippen LogP contribution in [0.5, 0.6) is 0 Å². The maximum Gasteiger partial charge on any atom is 0.433 e. The lowest BCUT2D eigenvalue weighted by molar-refractivity contribution is -0.141. The van der Waals surface area contributed by atoms with Gasteiger partial charge in [-0.15, -0.1) is 5.10 Å². The number of amides is 1. The van der Waals surface area contributed by atoms with E-state index in [9.17, 15) is 22.4 Å². The van der Waals surface area contributed by atoms with Gasteiger partial charge >= 0.3 is 6.18 Å². The molecule has 2 aromatic carbocycles. The van der Waals surface area contributed by atoms with Gasteiger partial charge in [0, 0.05) is 23.0 Å². The summed E-state index contributed by atoms with van der Waals surface area (Å²) in [4.78, 5) is 16.6. The first-order valence-corrected chi connectivity index (χ1v) is 10.7. The number of H-pyrrole nitrogens is 1. The third-order valence-corrected chi connectivity index (χ3v) is 6.18. The number of halogens is 5. The van der Waals surface area contributed by atoms with Crippen molar-refractivity contribution in [1.29, 1.82) is 0 Å². The lowest BCUT2D eigenvalue weighted by atomic mass is 9.94. The summed E-state index contributed by atoms with van der Waals surface area (Å²) in [6.45, 7) is 0. The minimum Gasteiger partial charge on any atom is -0.325 e. The second-order valence-corrected chi connectivity index (χ2v) is 8.48. The third kappa shape index (κ3) is 4.23. The van der Waals surface area contributed by atoms with Crippen LogP contribution in [0.3, 0.4) is 0 Å². The molecule has 12 heteroatoms. The molecule has 0 aliphatic heterocycles. The predicted molar refractivity (Wildman–Crippen MR) is 119 cm³/mol. The van der Waals surface area contributed by atoms with Crippen molar-refractivity contribution < 1.29 is 22.4 Å². The Morgan fingerprint density at radius 1 is 1.09 bits per heavy atom. The van der Waals surface area contributed by atoms with Crippen LogP contribution in [0.25, 0.3) is 22.5 Å². The molecule has 0 radical (unpaired) electrons. The SMILES string of the molecule is O=C(Nc1ccc(-c2ccnc(C(F)(F)F)c2)c(-c2nnn[nH]2)c1)C1(c2cccc(Cl)c2F)CC1. The largest absolute Gasteiger partial charge is 0.433 e. The molecule has 0 spiro atoms. The number of benzene rings is 2. The lowest BCUT2D eigenvalue weighted by Crippen LogP contribution is -2.28. The average Bonchev–Trinajstić information content (AvgIpc) is 3.46. The molecule has 0 unspecified atom stereocenters. The Morgan fingerprint density at radius 3 is 2.57 bits per heavy atom. The normalized spacial score (nSPS) is 14.5. The first-order chi connectivity index (χ1) is 16.7. The standard InChI is InChI=1S/C23H15ClF4N6O/c24-17-3-1-2-16(19(17)25)22(7-8-22)21(35)30-13-4-5-14(15(11-13)20-31-33-34-32-20)12-6-9-29-18(10-12)23(26,27)28/h1-6,9-11H,7-8H2,(H,30,35)(H,31,32,33,34). The maximum absolute atomic E-state index is 14.6.